The Kier molecular flexibility index (Phi) is 5.07. The summed E-state index contributed by atoms with van der Waals surface area (Å²) < 4.78 is 0. The summed E-state index contributed by atoms with van der Waals surface area (Å²) in [5.41, 5.74) is 6.36. The highest BCUT2D eigenvalue weighted by molar-refractivity contribution is 5.00. The molecular formula is C13H28N2. The van der Waals surface area contributed by atoms with Crippen LogP contribution in [0, 0.1) is 0 Å². The summed E-state index contributed by atoms with van der Waals surface area (Å²) in [7, 11) is 0. The predicted octanol–water partition coefficient (Wildman–Crippen LogP) is 2.77. The Morgan fingerprint density at radius 1 is 1.33 bits per heavy atom. The highest BCUT2D eigenvalue weighted by Gasteiger charge is 2.42. The molecule has 2 nitrogen and oxygen atoms in total. The Labute approximate surface area is 95.2 Å². The van der Waals surface area contributed by atoms with Crippen molar-refractivity contribution in [2.24, 2.45) is 5.73 Å². The van der Waals surface area contributed by atoms with Crippen molar-refractivity contribution in [2.45, 2.75) is 70.9 Å². The maximum Gasteiger partial charge on any atom is 0.0334 e. The zero-order valence-electron chi connectivity index (χ0n) is 10.8. The Morgan fingerprint density at radius 3 is 2.33 bits per heavy atom. The minimum Gasteiger partial charge on any atom is -0.329 e. The number of nitrogens with zero attached hydrogens (tertiary/aromatic N) is 1. The largest absolute Gasteiger partial charge is 0.329 e. The van der Waals surface area contributed by atoms with Gasteiger partial charge >= 0.3 is 0 Å². The van der Waals surface area contributed by atoms with Gasteiger partial charge in [0.2, 0.25) is 0 Å². The highest BCUT2D eigenvalue weighted by Crippen LogP contribution is 2.38. The SMILES string of the molecule is CCCCN(C(C)CC)C1(CN)CCC1. The van der Waals surface area contributed by atoms with Crippen molar-refractivity contribution in [3.63, 3.8) is 0 Å². The quantitative estimate of drug-likeness (QED) is 0.703. The second-order valence-corrected chi connectivity index (χ2v) is 5.09. The first-order valence-corrected chi connectivity index (χ1v) is 6.67. The van der Waals surface area contributed by atoms with Crippen LogP contribution in [0.2, 0.25) is 0 Å². The number of unbranched alkanes of at least 4 members (excludes halogenated alkanes) is 1. The van der Waals surface area contributed by atoms with E-state index in [9.17, 15) is 0 Å². The molecule has 0 aliphatic heterocycles. The lowest BCUT2D eigenvalue weighted by Crippen LogP contribution is -2.61. The molecule has 15 heavy (non-hydrogen) atoms. The Balaban J connectivity index is 2.61. The lowest BCUT2D eigenvalue weighted by atomic mass is 9.74. The van der Waals surface area contributed by atoms with Gasteiger partial charge in [0.05, 0.1) is 0 Å². The van der Waals surface area contributed by atoms with E-state index in [4.69, 9.17) is 5.73 Å². The molecule has 1 atom stereocenters. The van der Waals surface area contributed by atoms with Crippen molar-refractivity contribution in [3.8, 4) is 0 Å². The van der Waals surface area contributed by atoms with Crippen LogP contribution in [0.4, 0.5) is 0 Å². The van der Waals surface area contributed by atoms with Crippen LogP contribution in [0.5, 0.6) is 0 Å². The molecule has 0 bridgehead atoms. The number of nitrogens with two attached hydrogens (primary N) is 1. The van der Waals surface area contributed by atoms with Crippen LogP contribution in [0.1, 0.15) is 59.3 Å². The number of hydrogen-bond donors (Lipinski definition) is 1. The summed E-state index contributed by atoms with van der Waals surface area (Å²) >= 11 is 0. The van der Waals surface area contributed by atoms with Crippen molar-refractivity contribution in [1.82, 2.24) is 4.90 Å². The van der Waals surface area contributed by atoms with Crippen LogP contribution in [0.25, 0.3) is 0 Å². The van der Waals surface area contributed by atoms with Crippen LogP contribution in [-0.4, -0.2) is 29.6 Å². The maximum absolute atomic E-state index is 5.99. The minimum absolute atomic E-state index is 0.366. The first-order chi connectivity index (χ1) is 7.20. The molecule has 0 radical (unpaired) electrons. The molecule has 1 fully saturated rings. The lowest BCUT2D eigenvalue weighted by molar-refractivity contribution is -0.00804. The van der Waals surface area contributed by atoms with E-state index in [2.05, 4.69) is 25.7 Å². The van der Waals surface area contributed by atoms with Crippen molar-refractivity contribution >= 4 is 0 Å². The number of hydrogen-bond acceptors (Lipinski definition) is 2. The second-order valence-electron chi connectivity index (χ2n) is 5.09. The van der Waals surface area contributed by atoms with Gasteiger partial charge in [-0.1, -0.05) is 20.3 Å². The molecule has 1 aliphatic carbocycles. The van der Waals surface area contributed by atoms with Gasteiger partial charge in [0.1, 0.15) is 0 Å². The van der Waals surface area contributed by atoms with Crippen LogP contribution in [0.15, 0.2) is 0 Å². The molecule has 0 amide bonds. The standard InChI is InChI=1S/C13H28N2/c1-4-6-10-15(12(3)5-2)13(11-14)8-7-9-13/h12H,4-11,14H2,1-3H3. The third-order valence-corrected chi connectivity index (χ3v) is 4.15. The molecule has 0 aromatic heterocycles. The van der Waals surface area contributed by atoms with Crippen LogP contribution >= 0.6 is 0 Å². The van der Waals surface area contributed by atoms with Gasteiger partial charge < -0.3 is 5.73 Å². The molecule has 1 rings (SSSR count). The zero-order chi connectivity index (χ0) is 11.3. The predicted molar refractivity (Wildman–Crippen MR) is 67.0 cm³/mol. The Bertz CT molecular complexity index is 170. The summed E-state index contributed by atoms with van der Waals surface area (Å²) in [6, 6.07) is 0.695. The summed E-state index contributed by atoms with van der Waals surface area (Å²) in [5, 5.41) is 0. The molecule has 1 unspecified atom stereocenters. The van der Waals surface area contributed by atoms with E-state index in [0.29, 0.717) is 11.6 Å². The highest BCUT2D eigenvalue weighted by atomic mass is 15.2. The van der Waals surface area contributed by atoms with E-state index < -0.39 is 0 Å². The maximum atomic E-state index is 5.99. The van der Waals surface area contributed by atoms with Gasteiger partial charge in [-0.05, 0) is 45.6 Å². The van der Waals surface area contributed by atoms with Gasteiger partial charge in [-0.2, -0.15) is 0 Å². The molecular weight excluding hydrogens is 184 g/mol. The molecule has 2 heteroatoms. The molecule has 0 aromatic carbocycles. The van der Waals surface area contributed by atoms with Crippen LogP contribution in [-0.2, 0) is 0 Å². The fourth-order valence-corrected chi connectivity index (χ4v) is 2.67. The van der Waals surface area contributed by atoms with Gasteiger partial charge in [0.25, 0.3) is 0 Å². The van der Waals surface area contributed by atoms with Crippen molar-refractivity contribution in [1.29, 1.82) is 0 Å². The Hall–Kier alpha value is -0.0800. The van der Waals surface area contributed by atoms with Gasteiger partial charge in [0.15, 0.2) is 0 Å². The summed E-state index contributed by atoms with van der Waals surface area (Å²) in [5.74, 6) is 0. The smallest absolute Gasteiger partial charge is 0.0334 e. The van der Waals surface area contributed by atoms with Crippen molar-refractivity contribution < 1.29 is 0 Å². The molecule has 2 N–H and O–H groups in total. The fourth-order valence-electron chi connectivity index (χ4n) is 2.67. The van der Waals surface area contributed by atoms with Crippen molar-refractivity contribution in [2.75, 3.05) is 13.1 Å². The lowest BCUT2D eigenvalue weighted by Gasteiger charge is -2.52. The van der Waals surface area contributed by atoms with Gasteiger partial charge in [-0.25, -0.2) is 0 Å². The fraction of sp³-hybridized carbons (Fsp3) is 1.00. The molecule has 0 aromatic rings. The first kappa shape index (κ1) is 13.0. The van der Waals surface area contributed by atoms with Crippen LogP contribution in [0.3, 0.4) is 0 Å². The summed E-state index contributed by atoms with van der Waals surface area (Å²) in [4.78, 5) is 2.69. The minimum atomic E-state index is 0.366. The summed E-state index contributed by atoms with van der Waals surface area (Å²) in [6.07, 6.45) is 7.84. The summed E-state index contributed by atoms with van der Waals surface area (Å²) in [6.45, 7) is 8.99. The molecule has 0 spiro atoms. The first-order valence-electron chi connectivity index (χ1n) is 6.67. The Morgan fingerprint density at radius 2 is 2.00 bits per heavy atom. The second kappa shape index (κ2) is 5.86. The third-order valence-electron chi connectivity index (χ3n) is 4.15. The number of rotatable bonds is 7. The van der Waals surface area contributed by atoms with Gasteiger partial charge in [-0.15, -0.1) is 0 Å². The van der Waals surface area contributed by atoms with Gasteiger partial charge in [0, 0.05) is 18.1 Å². The molecule has 0 heterocycles. The van der Waals surface area contributed by atoms with E-state index in [0.717, 1.165) is 6.54 Å². The third kappa shape index (κ3) is 2.73. The molecule has 0 saturated heterocycles. The van der Waals surface area contributed by atoms with Crippen LogP contribution < -0.4 is 5.73 Å². The average molecular weight is 212 g/mol. The van der Waals surface area contributed by atoms with Crippen molar-refractivity contribution in [3.05, 3.63) is 0 Å². The van der Waals surface area contributed by atoms with E-state index in [1.807, 2.05) is 0 Å². The normalized spacial score (nSPS) is 21.4. The van der Waals surface area contributed by atoms with E-state index >= 15 is 0 Å². The van der Waals surface area contributed by atoms with E-state index in [1.54, 1.807) is 0 Å². The zero-order valence-corrected chi connectivity index (χ0v) is 10.8. The molecule has 1 saturated carbocycles. The monoisotopic (exact) mass is 212 g/mol. The van der Waals surface area contributed by atoms with E-state index in [1.165, 1.54) is 45.1 Å². The molecule has 90 valence electrons. The average Bonchev–Trinajstić information content (AvgIpc) is 2.20. The topological polar surface area (TPSA) is 29.3 Å². The molecule has 1 aliphatic rings. The van der Waals surface area contributed by atoms with E-state index in [-0.39, 0.29) is 0 Å². The van der Waals surface area contributed by atoms with Gasteiger partial charge in [-0.3, -0.25) is 4.90 Å².